The molecule has 1 aliphatic heterocycles. The molecule has 0 saturated carbocycles. The van der Waals surface area contributed by atoms with E-state index in [0.717, 1.165) is 49.3 Å². The third kappa shape index (κ3) is 2.77. The van der Waals surface area contributed by atoms with Crippen LogP contribution in [-0.4, -0.2) is 28.6 Å². The molecular formula is C15H17Cl3N2O. The summed E-state index contributed by atoms with van der Waals surface area (Å²) in [4.78, 5) is 4.72. The topological polar surface area (TPSA) is 27.1 Å². The molecule has 0 amide bonds. The van der Waals surface area contributed by atoms with Crippen LogP contribution in [0.25, 0.3) is 11.0 Å². The van der Waals surface area contributed by atoms with E-state index in [1.165, 1.54) is 0 Å². The van der Waals surface area contributed by atoms with Gasteiger partial charge in [0.2, 0.25) is 0 Å². The molecule has 0 aliphatic carbocycles. The molecule has 1 aliphatic rings. The first-order valence-electron chi connectivity index (χ1n) is 7.06. The first kappa shape index (κ1) is 15.4. The Kier molecular flexibility index (Phi) is 4.37. The summed E-state index contributed by atoms with van der Waals surface area (Å²) in [6.45, 7) is 3.77. The van der Waals surface area contributed by atoms with Crippen LogP contribution in [0.4, 0.5) is 0 Å². The zero-order valence-electron chi connectivity index (χ0n) is 11.8. The van der Waals surface area contributed by atoms with E-state index in [4.69, 9.17) is 44.5 Å². The smallest absolute Gasteiger partial charge is 0.111 e. The number of halogens is 3. The van der Waals surface area contributed by atoms with E-state index in [9.17, 15) is 0 Å². The molecule has 1 aromatic heterocycles. The fraction of sp³-hybridized carbons (Fsp3) is 0.533. The van der Waals surface area contributed by atoms with Crippen molar-refractivity contribution in [3.8, 4) is 0 Å². The van der Waals surface area contributed by atoms with Gasteiger partial charge in [0.1, 0.15) is 5.82 Å². The Morgan fingerprint density at radius 1 is 1.24 bits per heavy atom. The van der Waals surface area contributed by atoms with Crippen LogP contribution in [0.3, 0.4) is 0 Å². The molecule has 0 atom stereocenters. The number of hydrogen-bond donors (Lipinski definition) is 0. The monoisotopic (exact) mass is 346 g/mol. The van der Waals surface area contributed by atoms with Gasteiger partial charge in [0.05, 0.1) is 21.1 Å². The van der Waals surface area contributed by atoms with Crippen molar-refractivity contribution in [3.05, 3.63) is 28.0 Å². The lowest BCUT2D eigenvalue weighted by atomic mass is 9.91. The summed E-state index contributed by atoms with van der Waals surface area (Å²) in [6, 6.07) is 3.74. The molecule has 0 unspecified atom stereocenters. The minimum absolute atomic E-state index is 0.0223. The van der Waals surface area contributed by atoms with Crippen LogP contribution >= 0.6 is 34.8 Å². The van der Waals surface area contributed by atoms with Crippen LogP contribution in [0.1, 0.15) is 25.6 Å². The first-order chi connectivity index (χ1) is 10.0. The van der Waals surface area contributed by atoms with E-state index in [0.29, 0.717) is 15.9 Å². The Morgan fingerprint density at radius 2 is 1.90 bits per heavy atom. The lowest BCUT2D eigenvalue weighted by Gasteiger charge is -2.36. The van der Waals surface area contributed by atoms with Crippen molar-refractivity contribution in [1.29, 1.82) is 0 Å². The van der Waals surface area contributed by atoms with Crippen LogP contribution in [0.15, 0.2) is 12.1 Å². The Labute approximate surface area is 139 Å². The quantitative estimate of drug-likeness (QED) is 0.756. The maximum absolute atomic E-state index is 6.21. The van der Waals surface area contributed by atoms with E-state index in [-0.39, 0.29) is 5.54 Å². The van der Waals surface area contributed by atoms with E-state index in [2.05, 4.69) is 11.5 Å². The predicted molar refractivity (Wildman–Crippen MR) is 87.9 cm³/mol. The van der Waals surface area contributed by atoms with Crippen molar-refractivity contribution in [1.82, 2.24) is 9.55 Å². The zero-order valence-corrected chi connectivity index (χ0v) is 14.1. The van der Waals surface area contributed by atoms with Crippen LogP contribution in [-0.2, 0) is 16.7 Å². The second-order valence-electron chi connectivity index (χ2n) is 5.67. The number of nitrogens with zero attached hydrogens (tertiary/aromatic N) is 2. The largest absolute Gasteiger partial charge is 0.381 e. The Hall–Kier alpha value is -0.480. The van der Waals surface area contributed by atoms with Gasteiger partial charge in [-0.05, 0) is 31.9 Å². The van der Waals surface area contributed by atoms with Crippen LogP contribution in [0.2, 0.25) is 10.0 Å². The highest BCUT2D eigenvalue weighted by Crippen LogP contribution is 2.36. The second-order valence-corrected chi connectivity index (χ2v) is 6.86. The number of fused-ring (bicyclic) bond motifs is 1. The molecule has 1 aromatic carbocycles. The van der Waals surface area contributed by atoms with Crippen LogP contribution in [0, 0.1) is 0 Å². The van der Waals surface area contributed by atoms with Crippen LogP contribution < -0.4 is 0 Å². The van der Waals surface area contributed by atoms with Gasteiger partial charge in [-0.3, -0.25) is 0 Å². The summed E-state index contributed by atoms with van der Waals surface area (Å²) in [5, 5.41) is 1.08. The highest BCUT2D eigenvalue weighted by atomic mass is 35.5. The number of hydrogen-bond acceptors (Lipinski definition) is 2. The molecule has 0 bridgehead atoms. The van der Waals surface area contributed by atoms with Crippen molar-refractivity contribution in [3.63, 3.8) is 0 Å². The third-order valence-electron chi connectivity index (χ3n) is 4.19. The lowest BCUT2D eigenvalue weighted by molar-refractivity contribution is 0.0301. The van der Waals surface area contributed by atoms with E-state index in [1.54, 1.807) is 0 Å². The van der Waals surface area contributed by atoms with Gasteiger partial charge in [0.15, 0.2) is 0 Å². The minimum atomic E-state index is -0.0223. The Bertz CT molecular complexity index is 662. The minimum Gasteiger partial charge on any atom is -0.381 e. The molecule has 3 rings (SSSR count). The fourth-order valence-electron chi connectivity index (χ4n) is 3.01. The molecule has 1 fully saturated rings. The maximum atomic E-state index is 6.21. The average molecular weight is 348 g/mol. The summed E-state index contributed by atoms with van der Waals surface area (Å²) in [7, 11) is 0. The van der Waals surface area contributed by atoms with Gasteiger partial charge in [-0.25, -0.2) is 4.98 Å². The van der Waals surface area contributed by atoms with Crippen molar-refractivity contribution < 1.29 is 4.74 Å². The molecule has 2 aromatic rings. The number of aryl methyl sites for hydroxylation is 1. The molecule has 0 spiro atoms. The molecule has 0 N–H and O–H groups in total. The normalized spacial score (nSPS) is 18.3. The highest BCUT2D eigenvalue weighted by molar-refractivity contribution is 6.42. The van der Waals surface area contributed by atoms with E-state index in [1.807, 2.05) is 12.1 Å². The van der Waals surface area contributed by atoms with Gasteiger partial charge in [0.25, 0.3) is 0 Å². The number of ether oxygens (including phenoxy) is 1. The van der Waals surface area contributed by atoms with Crippen molar-refractivity contribution in [2.45, 2.75) is 31.7 Å². The Morgan fingerprint density at radius 3 is 2.57 bits per heavy atom. The summed E-state index contributed by atoms with van der Waals surface area (Å²) < 4.78 is 7.80. The first-order valence-corrected chi connectivity index (χ1v) is 8.35. The second kappa shape index (κ2) is 5.96. The number of benzene rings is 1. The van der Waals surface area contributed by atoms with Crippen molar-refractivity contribution in [2.24, 2.45) is 0 Å². The summed E-state index contributed by atoms with van der Waals surface area (Å²) in [6.07, 6.45) is 2.63. The zero-order chi connectivity index (χ0) is 15.0. The number of aromatic nitrogens is 2. The third-order valence-corrected chi connectivity index (χ3v) is 5.11. The molecule has 3 nitrogen and oxygen atoms in total. The Balaban J connectivity index is 2.22. The highest BCUT2D eigenvalue weighted by Gasteiger charge is 2.33. The average Bonchev–Trinajstić information content (AvgIpc) is 2.78. The van der Waals surface area contributed by atoms with Crippen molar-refractivity contribution in [2.75, 3.05) is 19.1 Å². The number of alkyl halides is 1. The number of rotatable bonds is 3. The summed E-state index contributed by atoms with van der Waals surface area (Å²) >= 11 is 18.3. The van der Waals surface area contributed by atoms with Crippen molar-refractivity contribution >= 4 is 45.8 Å². The van der Waals surface area contributed by atoms with Gasteiger partial charge in [-0.15, -0.1) is 11.6 Å². The molecule has 0 radical (unpaired) electrons. The molecule has 2 heterocycles. The molecule has 114 valence electrons. The standard InChI is InChI=1S/C15H17Cl3N2O/c1-15(3-6-21-7-4-15)20-13-9-11(18)10(17)8-12(13)19-14(20)2-5-16/h8-9H,2-7H2,1H3. The van der Waals surface area contributed by atoms with E-state index < -0.39 is 0 Å². The molecule has 6 heteroatoms. The maximum Gasteiger partial charge on any atom is 0.111 e. The summed E-state index contributed by atoms with van der Waals surface area (Å²) in [5.41, 5.74) is 1.87. The van der Waals surface area contributed by atoms with Gasteiger partial charge in [-0.1, -0.05) is 23.2 Å². The molecule has 1 saturated heterocycles. The van der Waals surface area contributed by atoms with E-state index >= 15 is 0 Å². The lowest BCUT2D eigenvalue weighted by Crippen LogP contribution is -2.37. The van der Waals surface area contributed by atoms with Gasteiger partial charge < -0.3 is 9.30 Å². The number of imidazole rings is 1. The molecule has 21 heavy (non-hydrogen) atoms. The van der Waals surface area contributed by atoms with Gasteiger partial charge >= 0.3 is 0 Å². The summed E-state index contributed by atoms with van der Waals surface area (Å²) in [5.74, 6) is 1.53. The van der Waals surface area contributed by atoms with Gasteiger partial charge in [0, 0.05) is 31.1 Å². The fourth-order valence-corrected chi connectivity index (χ4v) is 3.50. The SMILES string of the molecule is CC1(n2c(CCCl)nc3cc(Cl)c(Cl)cc32)CCOCC1. The van der Waals surface area contributed by atoms with Crippen LogP contribution in [0.5, 0.6) is 0 Å². The van der Waals surface area contributed by atoms with Gasteiger partial charge in [-0.2, -0.15) is 0 Å². The molecular weight excluding hydrogens is 331 g/mol. The predicted octanol–water partition coefficient (Wildman–Crippen LogP) is 4.65.